The summed E-state index contributed by atoms with van der Waals surface area (Å²) in [6.45, 7) is 6.40. The number of nitrogens with zero attached hydrogens (tertiary/aromatic N) is 2. The van der Waals surface area contributed by atoms with Crippen molar-refractivity contribution in [1.82, 2.24) is 9.97 Å². The minimum Gasteiger partial charge on any atom is -0.461 e. The number of aromatic nitrogens is 2. The number of benzene rings is 10. The molecule has 33 heteroatoms. The van der Waals surface area contributed by atoms with Crippen LogP contribution in [0.25, 0.3) is 76.6 Å². The molecule has 8 aromatic heterocycles. The Balaban J connectivity index is 0.000000158. The van der Waals surface area contributed by atoms with Crippen LogP contribution in [0.1, 0.15) is 126 Å². The van der Waals surface area contributed by atoms with Crippen LogP contribution in [0.2, 0.25) is 0 Å². The summed E-state index contributed by atoms with van der Waals surface area (Å²) in [5.41, 5.74) is 6.65. The second-order valence-corrected chi connectivity index (χ2v) is 30.1. The SMILES string of the molecule is C.C.CC(=O)OCc1ccc2oc(=O)c(C(=O)Oc3cccc(Br)c3)cc2c1.CC(=O)OCc1ccc2oc(=O)c(C(=O)Oc3cccc(F)c3)cc2c1.CC(=O)c1cc2cc(C)ccc2oc1=O.NCc1ccc2oc(=O)c(C(=O)Oc3ccccc3)cc2c1.O=C(Oc1ccccn1)c1cc2cc(CCl)ccc2oc1=O.O=C(Oc1nccc2ccccc12)c1cc2ccccc2oc1=O. The molecule has 0 radical (unpaired) electrons. The molecular weight excluding hydrogens is 1860 g/mol. The summed E-state index contributed by atoms with van der Waals surface area (Å²) in [5, 5.41) is 5.22. The van der Waals surface area contributed by atoms with Crippen molar-refractivity contribution in [2.24, 2.45) is 5.73 Å². The van der Waals surface area contributed by atoms with Gasteiger partial charge in [-0.1, -0.05) is 139 Å². The number of esters is 7. The molecule has 0 spiro atoms. The lowest BCUT2D eigenvalue weighted by Crippen LogP contribution is -2.19. The average Bonchev–Trinajstić information content (AvgIpc) is 0.813. The number of halogens is 3. The van der Waals surface area contributed by atoms with Crippen LogP contribution in [0.15, 0.2) is 351 Å². The first-order valence-electron chi connectivity index (χ1n) is 40.3. The fourth-order valence-electron chi connectivity index (χ4n) is 12.6. The van der Waals surface area contributed by atoms with Gasteiger partial charge in [-0.15, -0.1) is 11.6 Å². The fourth-order valence-corrected chi connectivity index (χ4v) is 13.2. The Morgan fingerprint density at radius 1 is 0.350 bits per heavy atom. The van der Waals surface area contributed by atoms with Crippen molar-refractivity contribution < 1.29 is 102 Å². The molecule has 0 amide bonds. The molecule has 18 aromatic rings. The van der Waals surface area contributed by atoms with E-state index in [9.17, 15) is 71.5 Å². The van der Waals surface area contributed by atoms with Crippen LogP contribution in [0.3, 0.4) is 0 Å². The zero-order valence-corrected chi connectivity index (χ0v) is 73.5. The van der Waals surface area contributed by atoms with Crippen LogP contribution >= 0.6 is 27.5 Å². The number of carbonyl (C=O) groups is 8. The maximum atomic E-state index is 13.2. The number of hydrogen-bond donors (Lipinski definition) is 1. The first kappa shape index (κ1) is 100. The van der Waals surface area contributed by atoms with Crippen LogP contribution in [0.4, 0.5) is 4.39 Å². The molecule has 10 aromatic carbocycles. The van der Waals surface area contributed by atoms with Gasteiger partial charge in [-0.25, -0.2) is 67.1 Å². The van der Waals surface area contributed by atoms with E-state index in [-0.39, 0.29) is 90.3 Å². The number of carbonyl (C=O) groups excluding carboxylic acids is 8. The van der Waals surface area contributed by atoms with Gasteiger partial charge in [-0.05, 0) is 205 Å². The zero-order valence-electron chi connectivity index (χ0n) is 71.2. The fraction of sp³-hybridized carbons (Fsp3) is 0.0962. The van der Waals surface area contributed by atoms with E-state index in [1.807, 2.05) is 43.3 Å². The number of para-hydroxylation sites is 2. The highest BCUT2D eigenvalue weighted by atomic mass is 79.9. The van der Waals surface area contributed by atoms with Crippen LogP contribution in [-0.4, -0.2) is 57.5 Å². The van der Waals surface area contributed by atoms with Crippen molar-refractivity contribution in [3.05, 3.63) is 425 Å². The second-order valence-electron chi connectivity index (χ2n) is 28.9. The number of aryl methyl sites for hydroxylation is 1. The standard InChI is InChI=1S/C19H13BrO6.C19H13FO6.C19H11NO4.C17H13NO4.C16H10ClNO4.C12H10O3.2CH4/c2*1-11(21)24-10-12-5-6-17-13(7-12)8-16(19(23)26-17)18(22)25-15-4-2-3-14(20)9-15;21-18-15(11-13-6-2-4-8-16(13)23-18)19(22)24-17-14-7-3-1-5-12(14)9-10-20-17;18-10-11-6-7-15-12(8-11)9-14(17(20)22-15)16(19)21-13-4-2-1-3-5-13;17-9-10-4-5-13-11(7-10)8-12(15(19)21-13)16(20)22-14-3-1-2-6-18-14;1-7-3-4-11-9(5-7)6-10(8(2)13)12(14)15-11;;/h2*2-9H,10H2,1H3;1-11H;1-9H,10,18H2;1-8H,9H2;3-6H,1-2H3;2*1H4. The molecule has 0 saturated heterocycles. The van der Waals surface area contributed by atoms with Crippen molar-refractivity contribution in [1.29, 1.82) is 0 Å². The van der Waals surface area contributed by atoms with Gasteiger partial charge >= 0.3 is 75.5 Å². The van der Waals surface area contributed by atoms with Gasteiger partial charge in [0.05, 0.1) is 0 Å². The van der Waals surface area contributed by atoms with E-state index in [1.54, 1.807) is 182 Å². The van der Waals surface area contributed by atoms with Crippen LogP contribution < -0.4 is 63.2 Å². The van der Waals surface area contributed by atoms with E-state index in [1.165, 1.54) is 87.6 Å². The van der Waals surface area contributed by atoms with E-state index in [2.05, 4.69) is 25.9 Å². The third-order valence-corrected chi connectivity index (χ3v) is 19.9. The minimum atomic E-state index is -0.961. The largest absolute Gasteiger partial charge is 0.461 e. The number of fused-ring (bicyclic) bond motifs is 7. The highest BCUT2D eigenvalue weighted by molar-refractivity contribution is 9.10. The van der Waals surface area contributed by atoms with Crippen LogP contribution in [-0.2, 0) is 44.7 Å². The molecular formula is C104H78BrClFN3O27. The molecule has 692 valence electrons. The average molecular weight is 1940 g/mol. The summed E-state index contributed by atoms with van der Waals surface area (Å²) in [7, 11) is 0. The second kappa shape index (κ2) is 46.6. The molecule has 0 fully saturated rings. The molecule has 0 aliphatic carbocycles. The summed E-state index contributed by atoms with van der Waals surface area (Å²) in [5.74, 6) is -4.58. The van der Waals surface area contributed by atoms with Gasteiger partial charge in [0.2, 0.25) is 11.8 Å². The van der Waals surface area contributed by atoms with E-state index in [4.69, 9.17) is 77.0 Å². The van der Waals surface area contributed by atoms with E-state index in [0.717, 1.165) is 38.0 Å². The lowest BCUT2D eigenvalue weighted by molar-refractivity contribution is -0.143. The van der Waals surface area contributed by atoms with Gasteiger partial charge in [-0.3, -0.25) is 14.4 Å². The molecule has 0 bridgehead atoms. The van der Waals surface area contributed by atoms with Crippen molar-refractivity contribution in [3.8, 4) is 29.0 Å². The Kier molecular flexibility index (Phi) is 34.1. The van der Waals surface area contributed by atoms with E-state index >= 15 is 0 Å². The number of Topliss-reactive ketones (excluding diaryl/α,β-unsaturated/α-hetero) is 1. The number of nitrogens with two attached hydrogens (primary N) is 1. The zero-order chi connectivity index (χ0) is 95.9. The normalized spacial score (nSPS) is 10.5. The van der Waals surface area contributed by atoms with Gasteiger partial charge in [0.1, 0.15) is 103 Å². The molecule has 2 N–H and O–H groups in total. The first-order chi connectivity index (χ1) is 65.0. The molecule has 0 aliphatic rings. The molecule has 0 unspecified atom stereocenters. The maximum Gasteiger partial charge on any atom is 0.352 e. The number of rotatable bonds is 17. The van der Waals surface area contributed by atoms with Crippen molar-refractivity contribution in [2.75, 3.05) is 0 Å². The van der Waals surface area contributed by atoms with Crippen molar-refractivity contribution >= 4 is 152 Å². The van der Waals surface area contributed by atoms with Gasteiger partial charge in [0, 0.05) is 93.0 Å². The monoisotopic (exact) mass is 1930 g/mol. The summed E-state index contributed by atoms with van der Waals surface area (Å²) < 4.78 is 80.3. The molecule has 0 aliphatic heterocycles. The Morgan fingerprint density at radius 2 is 0.737 bits per heavy atom. The van der Waals surface area contributed by atoms with E-state index < -0.39 is 81.4 Å². The Bertz CT molecular complexity index is 7690. The Morgan fingerprint density at radius 3 is 1.22 bits per heavy atom. The topological polar surface area (TPSA) is 434 Å². The summed E-state index contributed by atoms with van der Waals surface area (Å²) in [6.07, 6.45) is 3.03. The number of ketones is 1. The van der Waals surface area contributed by atoms with Gasteiger partial charge < -0.3 is 65.4 Å². The Hall–Kier alpha value is -17.4. The third-order valence-electron chi connectivity index (χ3n) is 19.1. The smallest absolute Gasteiger partial charge is 0.352 e. The predicted molar refractivity (Wildman–Crippen MR) is 509 cm³/mol. The molecule has 30 nitrogen and oxygen atoms in total. The molecule has 0 atom stereocenters. The minimum absolute atomic E-state index is 0. The van der Waals surface area contributed by atoms with Gasteiger partial charge in [-0.2, -0.15) is 0 Å². The maximum absolute atomic E-state index is 13.2. The molecule has 18 rings (SSSR count). The van der Waals surface area contributed by atoms with Crippen LogP contribution in [0.5, 0.6) is 29.0 Å². The predicted octanol–water partition coefficient (Wildman–Crippen LogP) is 19.8. The lowest BCUT2D eigenvalue weighted by atomic mass is 10.1. The van der Waals surface area contributed by atoms with Gasteiger partial charge in [0.25, 0.3) is 0 Å². The number of hydrogen-bond acceptors (Lipinski definition) is 30. The quantitative estimate of drug-likeness (QED) is 0.0291. The molecule has 137 heavy (non-hydrogen) atoms. The van der Waals surface area contributed by atoms with Crippen molar-refractivity contribution in [2.45, 2.75) is 68.2 Å². The summed E-state index contributed by atoms with van der Waals surface area (Å²) in [4.78, 5) is 173. The highest BCUT2D eigenvalue weighted by Gasteiger charge is 2.24. The number of pyridine rings is 2. The lowest BCUT2D eigenvalue weighted by Gasteiger charge is -2.06. The summed E-state index contributed by atoms with van der Waals surface area (Å²) in [6, 6.07) is 75.5. The number of alkyl halides is 1. The van der Waals surface area contributed by atoms with Crippen LogP contribution in [0, 0.1) is 12.7 Å². The van der Waals surface area contributed by atoms with E-state index in [0.29, 0.717) is 95.3 Å². The molecule has 0 saturated carbocycles. The first-order valence-corrected chi connectivity index (χ1v) is 41.6. The van der Waals surface area contributed by atoms with Gasteiger partial charge in [0.15, 0.2) is 5.78 Å². The number of ether oxygens (including phenoxy) is 7. The third kappa shape index (κ3) is 26.8. The van der Waals surface area contributed by atoms with Crippen molar-refractivity contribution in [3.63, 3.8) is 0 Å². The summed E-state index contributed by atoms with van der Waals surface area (Å²) >= 11 is 9.06. The Labute approximate surface area is 787 Å². The molecule has 8 heterocycles. The highest BCUT2D eigenvalue weighted by Crippen LogP contribution is 2.28.